The summed E-state index contributed by atoms with van der Waals surface area (Å²) in [6.45, 7) is -0.988. The Morgan fingerprint density at radius 1 is 0.914 bits per heavy atom. The molecule has 1 heterocycles. The molecule has 8 heteroatoms. The fourth-order valence-corrected chi connectivity index (χ4v) is 6.26. The van der Waals surface area contributed by atoms with Gasteiger partial charge >= 0.3 is 0 Å². The summed E-state index contributed by atoms with van der Waals surface area (Å²) in [7, 11) is -3.90. The summed E-state index contributed by atoms with van der Waals surface area (Å²) in [6.07, 6.45) is 5.20. The van der Waals surface area contributed by atoms with Gasteiger partial charge in [-0.3, -0.25) is 0 Å². The van der Waals surface area contributed by atoms with Crippen LogP contribution in [0.15, 0.2) is 77.7 Å². The molecule has 1 saturated carbocycles. The fraction of sp³-hybridized carbons (Fsp3) is 0.259. The Morgan fingerprint density at radius 3 is 2.11 bits per heavy atom. The van der Waals surface area contributed by atoms with Gasteiger partial charge in [0, 0.05) is 11.4 Å². The third-order valence-electron chi connectivity index (χ3n) is 6.65. The molecule has 0 bridgehead atoms. The van der Waals surface area contributed by atoms with E-state index in [0.717, 1.165) is 35.3 Å². The van der Waals surface area contributed by atoms with E-state index in [0.29, 0.717) is 6.42 Å². The maximum absolute atomic E-state index is 13.1. The smallest absolute Gasteiger partial charge is 0.240 e. The third-order valence-corrected chi connectivity index (χ3v) is 8.16. The van der Waals surface area contributed by atoms with Crippen molar-refractivity contribution < 1.29 is 22.7 Å². The van der Waals surface area contributed by atoms with Crippen LogP contribution in [0.5, 0.6) is 5.75 Å². The number of hydrogen-bond donors (Lipinski definition) is 2. The highest BCUT2D eigenvalue weighted by atomic mass is 32.2. The van der Waals surface area contributed by atoms with Crippen molar-refractivity contribution in [3.05, 3.63) is 83.9 Å². The van der Waals surface area contributed by atoms with Crippen molar-refractivity contribution >= 4 is 33.6 Å². The number of rotatable bonds is 6. The van der Waals surface area contributed by atoms with E-state index in [4.69, 9.17) is 4.74 Å². The summed E-state index contributed by atoms with van der Waals surface area (Å²) in [5, 5.41) is 11.5. The van der Waals surface area contributed by atoms with Gasteiger partial charge in [0.1, 0.15) is 5.75 Å². The normalized spacial score (nSPS) is 21.7. The molecule has 6 nitrogen and oxygen atoms in total. The second kappa shape index (κ2) is 9.81. The Kier molecular flexibility index (Phi) is 6.60. The van der Waals surface area contributed by atoms with Crippen LogP contribution in [0.4, 0.5) is 15.8 Å². The van der Waals surface area contributed by atoms with Crippen molar-refractivity contribution in [2.75, 3.05) is 11.8 Å². The number of hydrogen-bond acceptors (Lipinski definition) is 5. The number of nitrogens with zero attached hydrogens (tertiary/aromatic N) is 1. The van der Waals surface area contributed by atoms with Crippen LogP contribution in [0.2, 0.25) is 0 Å². The largest absolute Gasteiger partial charge is 0.463 e. The van der Waals surface area contributed by atoms with Crippen molar-refractivity contribution in [1.29, 1.82) is 0 Å². The molecule has 1 aliphatic heterocycles. The SMILES string of the molecule is O=S(=O)(N[C@H]1CCC[C@@H](N2c3ccccc3C=Cc3ccccc32)[C@@H]1O)c1ccc(OCF)cc1. The molecular weight excluding hydrogens is 467 g/mol. The first-order chi connectivity index (χ1) is 17.0. The predicted molar refractivity (Wildman–Crippen MR) is 135 cm³/mol. The van der Waals surface area contributed by atoms with E-state index < -0.39 is 29.0 Å². The first-order valence-corrected chi connectivity index (χ1v) is 13.1. The molecule has 0 amide bonds. The van der Waals surface area contributed by atoms with Crippen LogP contribution in [-0.4, -0.2) is 38.6 Å². The summed E-state index contributed by atoms with van der Waals surface area (Å²) in [5.74, 6) is 0.247. The van der Waals surface area contributed by atoms with E-state index in [9.17, 15) is 17.9 Å². The Bertz CT molecular complexity index is 1280. The number of para-hydroxylation sites is 2. The maximum atomic E-state index is 13.1. The summed E-state index contributed by atoms with van der Waals surface area (Å²) in [6, 6.07) is 20.6. The minimum Gasteiger partial charge on any atom is -0.463 e. The molecule has 5 rings (SSSR count). The molecule has 0 radical (unpaired) electrons. The molecule has 3 aromatic rings. The number of sulfonamides is 1. The summed E-state index contributed by atoms with van der Waals surface area (Å²) in [4.78, 5) is 2.19. The summed E-state index contributed by atoms with van der Waals surface area (Å²) < 4.78 is 46.0. The number of fused-ring (bicyclic) bond motifs is 2. The number of aliphatic hydroxyl groups excluding tert-OH is 1. The highest BCUT2D eigenvalue weighted by molar-refractivity contribution is 7.89. The average molecular weight is 495 g/mol. The molecule has 2 aliphatic rings. The van der Waals surface area contributed by atoms with E-state index in [1.165, 1.54) is 24.3 Å². The highest BCUT2D eigenvalue weighted by Gasteiger charge is 2.39. The van der Waals surface area contributed by atoms with Crippen LogP contribution in [0.1, 0.15) is 30.4 Å². The van der Waals surface area contributed by atoms with Gasteiger partial charge in [-0.1, -0.05) is 48.6 Å². The van der Waals surface area contributed by atoms with Crippen LogP contribution >= 0.6 is 0 Å². The molecule has 3 atom stereocenters. The lowest BCUT2D eigenvalue weighted by atomic mass is 9.86. The molecule has 3 aromatic carbocycles. The lowest BCUT2D eigenvalue weighted by Gasteiger charge is -2.43. The minimum absolute atomic E-state index is 0.0349. The van der Waals surface area contributed by atoms with Gasteiger partial charge in [-0.2, -0.15) is 0 Å². The zero-order valence-electron chi connectivity index (χ0n) is 19.0. The van der Waals surface area contributed by atoms with Crippen LogP contribution in [-0.2, 0) is 10.0 Å². The predicted octanol–water partition coefficient (Wildman–Crippen LogP) is 4.87. The quantitative estimate of drug-likeness (QED) is 0.511. The Labute approximate surface area is 204 Å². The average Bonchev–Trinajstić information content (AvgIpc) is 3.03. The standard InChI is InChI=1S/C27H27FN2O4S/c28-18-34-21-14-16-22(17-15-21)35(32,33)29-23-8-5-11-26(27(23)31)30-24-9-3-1-6-19(24)12-13-20-7-2-4-10-25(20)30/h1-4,6-7,9-10,12-17,23,26-27,29,31H,5,8,11,18H2/t23-,26+,27+/m0/s1. The van der Waals surface area contributed by atoms with Gasteiger partial charge in [-0.15, -0.1) is 0 Å². The molecule has 182 valence electrons. The number of anilines is 2. The van der Waals surface area contributed by atoms with Crippen LogP contribution in [0, 0.1) is 0 Å². The molecule has 0 aromatic heterocycles. The molecular formula is C27H27FN2O4S. The molecule has 35 heavy (non-hydrogen) atoms. The maximum Gasteiger partial charge on any atom is 0.240 e. The number of alkyl halides is 1. The van der Waals surface area contributed by atoms with Crippen LogP contribution in [0.3, 0.4) is 0 Å². The number of aliphatic hydroxyl groups is 1. The lowest BCUT2D eigenvalue weighted by molar-refractivity contribution is 0.0812. The molecule has 0 unspecified atom stereocenters. The van der Waals surface area contributed by atoms with E-state index in [1.54, 1.807) is 0 Å². The van der Waals surface area contributed by atoms with Gasteiger partial charge in [0.15, 0.2) is 0 Å². The number of nitrogens with one attached hydrogen (secondary N) is 1. The third kappa shape index (κ3) is 4.69. The Balaban J connectivity index is 1.44. The molecule has 2 N–H and O–H groups in total. The lowest BCUT2D eigenvalue weighted by Crippen LogP contribution is -2.55. The summed E-state index contributed by atoms with van der Waals surface area (Å²) in [5.41, 5.74) is 4.03. The molecule has 0 spiro atoms. The van der Waals surface area contributed by atoms with Gasteiger partial charge < -0.3 is 14.7 Å². The number of halogens is 1. The van der Waals surface area contributed by atoms with Crippen molar-refractivity contribution in [2.45, 2.75) is 42.3 Å². The van der Waals surface area contributed by atoms with Crippen molar-refractivity contribution in [1.82, 2.24) is 4.72 Å². The molecule has 1 fully saturated rings. The van der Waals surface area contributed by atoms with Crippen LogP contribution in [0.25, 0.3) is 12.2 Å². The Hall–Kier alpha value is -3.20. The van der Waals surface area contributed by atoms with Gasteiger partial charge in [0.05, 0.1) is 23.1 Å². The van der Waals surface area contributed by atoms with Gasteiger partial charge in [0.25, 0.3) is 0 Å². The first kappa shape index (κ1) is 23.5. The monoisotopic (exact) mass is 494 g/mol. The zero-order chi connectivity index (χ0) is 24.4. The van der Waals surface area contributed by atoms with Gasteiger partial charge in [0.2, 0.25) is 16.9 Å². The van der Waals surface area contributed by atoms with E-state index in [2.05, 4.69) is 21.8 Å². The van der Waals surface area contributed by atoms with Gasteiger partial charge in [-0.25, -0.2) is 17.5 Å². The van der Waals surface area contributed by atoms with Crippen LogP contribution < -0.4 is 14.4 Å². The van der Waals surface area contributed by atoms with Crippen molar-refractivity contribution in [3.8, 4) is 5.75 Å². The number of benzene rings is 3. The first-order valence-electron chi connectivity index (χ1n) is 11.6. The minimum atomic E-state index is -3.90. The summed E-state index contributed by atoms with van der Waals surface area (Å²) >= 11 is 0. The fourth-order valence-electron chi connectivity index (χ4n) is 4.97. The molecule has 1 aliphatic carbocycles. The van der Waals surface area contributed by atoms with E-state index >= 15 is 0 Å². The second-order valence-electron chi connectivity index (χ2n) is 8.76. The van der Waals surface area contributed by atoms with Crippen molar-refractivity contribution in [2.24, 2.45) is 0 Å². The van der Waals surface area contributed by atoms with Crippen molar-refractivity contribution in [3.63, 3.8) is 0 Å². The van der Waals surface area contributed by atoms with Gasteiger partial charge in [-0.05, 0) is 66.8 Å². The Morgan fingerprint density at radius 2 is 1.51 bits per heavy atom. The zero-order valence-corrected chi connectivity index (χ0v) is 19.9. The number of ether oxygens (including phenoxy) is 1. The van der Waals surface area contributed by atoms with E-state index in [-0.39, 0.29) is 16.7 Å². The topological polar surface area (TPSA) is 78.9 Å². The van der Waals surface area contributed by atoms with E-state index in [1.807, 2.05) is 48.5 Å². The molecule has 0 saturated heterocycles. The second-order valence-corrected chi connectivity index (χ2v) is 10.5. The highest BCUT2D eigenvalue weighted by Crippen LogP contribution is 2.41.